The molecule has 98 valence electrons. The molecule has 0 atom stereocenters. The summed E-state index contributed by atoms with van der Waals surface area (Å²) in [6, 6.07) is 6.61. The zero-order chi connectivity index (χ0) is 13.8. The molecule has 0 aliphatic carbocycles. The molecule has 4 N–H and O–H groups in total. The second kappa shape index (κ2) is 5.21. The van der Waals surface area contributed by atoms with Crippen LogP contribution in [-0.4, -0.2) is 29.0 Å². The number of ether oxygens (including phenoxy) is 1. The van der Waals surface area contributed by atoms with Gasteiger partial charge in [0, 0.05) is 11.4 Å². The number of H-pyrrole nitrogens is 1. The van der Waals surface area contributed by atoms with Crippen LogP contribution in [-0.2, 0) is 4.74 Å². The van der Waals surface area contributed by atoms with E-state index in [1.807, 2.05) is 0 Å². The number of nitrogens with zero attached hydrogens (tertiary/aromatic N) is 1. The minimum Gasteiger partial charge on any atom is -0.464 e. The van der Waals surface area contributed by atoms with Gasteiger partial charge in [-0.3, -0.25) is 4.79 Å². The van der Waals surface area contributed by atoms with Crippen LogP contribution in [0.1, 0.15) is 21.0 Å². The van der Waals surface area contributed by atoms with Crippen LogP contribution in [0.2, 0.25) is 0 Å². The summed E-state index contributed by atoms with van der Waals surface area (Å²) in [4.78, 5) is 29.7. The number of aromatic nitrogens is 2. The SMILES string of the molecule is COC(=O)c1[nH]cnc1C(=O)Nc1ccc(N)cc1. The maximum atomic E-state index is 12.0. The Morgan fingerprint density at radius 1 is 1.32 bits per heavy atom. The Hall–Kier alpha value is -2.83. The number of nitrogens with two attached hydrogens (primary N) is 1. The molecule has 7 heteroatoms. The molecule has 2 rings (SSSR count). The highest BCUT2D eigenvalue weighted by atomic mass is 16.5. The number of amides is 1. The number of methoxy groups -OCH3 is 1. The number of benzene rings is 1. The van der Waals surface area contributed by atoms with E-state index in [-0.39, 0.29) is 11.4 Å². The molecule has 0 spiro atoms. The van der Waals surface area contributed by atoms with Gasteiger partial charge >= 0.3 is 5.97 Å². The number of hydrogen-bond acceptors (Lipinski definition) is 5. The Morgan fingerprint density at radius 3 is 2.63 bits per heavy atom. The predicted octanol–water partition coefficient (Wildman–Crippen LogP) is 1.03. The van der Waals surface area contributed by atoms with E-state index in [1.54, 1.807) is 24.3 Å². The van der Waals surface area contributed by atoms with Crippen molar-refractivity contribution in [2.24, 2.45) is 0 Å². The lowest BCUT2D eigenvalue weighted by Gasteiger charge is -2.04. The first-order valence-electron chi connectivity index (χ1n) is 5.40. The van der Waals surface area contributed by atoms with Gasteiger partial charge in [-0.25, -0.2) is 9.78 Å². The topological polar surface area (TPSA) is 110 Å². The van der Waals surface area contributed by atoms with Gasteiger partial charge < -0.3 is 20.8 Å². The van der Waals surface area contributed by atoms with Gasteiger partial charge in [0.1, 0.15) is 0 Å². The molecular weight excluding hydrogens is 248 g/mol. The maximum absolute atomic E-state index is 12.0. The van der Waals surface area contributed by atoms with E-state index in [0.717, 1.165) is 0 Å². The van der Waals surface area contributed by atoms with Crippen LogP contribution in [0.15, 0.2) is 30.6 Å². The number of aromatic amines is 1. The average molecular weight is 260 g/mol. The molecule has 1 aromatic carbocycles. The minimum absolute atomic E-state index is 0.00967. The smallest absolute Gasteiger partial charge is 0.356 e. The van der Waals surface area contributed by atoms with Crippen molar-refractivity contribution in [2.45, 2.75) is 0 Å². The largest absolute Gasteiger partial charge is 0.464 e. The molecule has 0 radical (unpaired) electrons. The van der Waals surface area contributed by atoms with Crippen molar-refractivity contribution >= 4 is 23.3 Å². The number of hydrogen-bond donors (Lipinski definition) is 3. The quantitative estimate of drug-likeness (QED) is 0.564. The minimum atomic E-state index is -0.653. The first-order valence-corrected chi connectivity index (χ1v) is 5.40. The first-order chi connectivity index (χ1) is 9.11. The highest BCUT2D eigenvalue weighted by molar-refractivity contribution is 6.08. The molecule has 0 aliphatic heterocycles. The summed E-state index contributed by atoms with van der Waals surface area (Å²) in [6.45, 7) is 0. The van der Waals surface area contributed by atoms with E-state index >= 15 is 0 Å². The van der Waals surface area contributed by atoms with Gasteiger partial charge in [-0.15, -0.1) is 0 Å². The van der Waals surface area contributed by atoms with Gasteiger partial charge in [0.15, 0.2) is 11.4 Å². The number of esters is 1. The summed E-state index contributed by atoms with van der Waals surface area (Å²) in [7, 11) is 1.23. The molecular formula is C12H12N4O3. The van der Waals surface area contributed by atoms with Gasteiger partial charge in [-0.05, 0) is 24.3 Å². The Bertz CT molecular complexity index is 604. The zero-order valence-corrected chi connectivity index (χ0v) is 10.1. The van der Waals surface area contributed by atoms with Crippen molar-refractivity contribution in [1.29, 1.82) is 0 Å². The number of nitrogens with one attached hydrogen (secondary N) is 2. The molecule has 1 aromatic heterocycles. The molecule has 1 heterocycles. The summed E-state index contributed by atoms with van der Waals surface area (Å²) >= 11 is 0. The third-order valence-electron chi connectivity index (χ3n) is 2.41. The normalized spacial score (nSPS) is 9.95. The van der Waals surface area contributed by atoms with Gasteiger partial charge in [0.05, 0.1) is 13.4 Å². The fraction of sp³-hybridized carbons (Fsp3) is 0.0833. The highest BCUT2D eigenvalue weighted by Gasteiger charge is 2.20. The number of imidazole rings is 1. The lowest BCUT2D eigenvalue weighted by atomic mass is 10.2. The Labute approximate surface area is 108 Å². The monoisotopic (exact) mass is 260 g/mol. The zero-order valence-electron chi connectivity index (χ0n) is 10.1. The fourth-order valence-electron chi connectivity index (χ4n) is 1.48. The number of carbonyl (C=O) groups is 2. The van der Waals surface area contributed by atoms with Crippen molar-refractivity contribution in [3.05, 3.63) is 42.0 Å². The van der Waals surface area contributed by atoms with Crippen molar-refractivity contribution in [3.8, 4) is 0 Å². The van der Waals surface area contributed by atoms with Gasteiger partial charge in [0.2, 0.25) is 0 Å². The molecule has 19 heavy (non-hydrogen) atoms. The summed E-state index contributed by atoms with van der Waals surface area (Å²) in [5.41, 5.74) is 6.67. The van der Waals surface area contributed by atoms with Crippen LogP contribution in [0.5, 0.6) is 0 Å². The van der Waals surface area contributed by atoms with E-state index in [1.165, 1.54) is 13.4 Å². The van der Waals surface area contributed by atoms with E-state index in [0.29, 0.717) is 11.4 Å². The van der Waals surface area contributed by atoms with Gasteiger partial charge in [0.25, 0.3) is 5.91 Å². The standard InChI is InChI=1S/C12H12N4O3/c1-19-12(18)10-9(14-6-15-10)11(17)16-8-4-2-7(13)3-5-8/h2-6H,13H2,1H3,(H,14,15)(H,16,17). The van der Waals surface area contributed by atoms with E-state index in [9.17, 15) is 9.59 Å². The Kier molecular flexibility index (Phi) is 3.46. The first kappa shape index (κ1) is 12.6. The predicted molar refractivity (Wildman–Crippen MR) is 68.7 cm³/mol. The third-order valence-corrected chi connectivity index (χ3v) is 2.41. The van der Waals surface area contributed by atoms with Crippen LogP contribution < -0.4 is 11.1 Å². The number of carbonyl (C=O) groups excluding carboxylic acids is 2. The van der Waals surface area contributed by atoms with Crippen LogP contribution in [0.25, 0.3) is 0 Å². The molecule has 1 amide bonds. The van der Waals surface area contributed by atoms with Crippen molar-refractivity contribution < 1.29 is 14.3 Å². The second-order valence-corrected chi connectivity index (χ2v) is 3.69. The molecule has 0 unspecified atom stereocenters. The molecule has 0 bridgehead atoms. The summed E-state index contributed by atoms with van der Waals surface area (Å²) < 4.78 is 4.54. The Morgan fingerprint density at radius 2 is 2.00 bits per heavy atom. The van der Waals surface area contributed by atoms with E-state index in [4.69, 9.17) is 5.73 Å². The van der Waals surface area contributed by atoms with Crippen LogP contribution >= 0.6 is 0 Å². The fourth-order valence-corrected chi connectivity index (χ4v) is 1.48. The number of rotatable bonds is 3. The van der Waals surface area contributed by atoms with Gasteiger partial charge in [-0.1, -0.05) is 0 Å². The third kappa shape index (κ3) is 2.71. The maximum Gasteiger partial charge on any atom is 0.356 e. The van der Waals surface area contributed by atoms with E-state index in [2.05, 4.69) is 20.0 Å². The van der Waals surface area contributed by atoms with Crippen LogP contribution in [0, 0.1) is 0 Å². The molecule has 7 nitrogen and oxygen atoms in total. The number of anilines is 2. The van der Waals surface area contributed by atoms with Crippen LogP contribution in [0.3, 0.4) is 0 Å². The average Bonchev–Trinajstić information content (AvgIpc) is 2.90. The molecule has 0 saturated heterocycles. The van der Waals surface area contributed by atoms with Gasteiger partial charge in [-0.2, -0.15) is 0 Å². The number of nitrogen functional groups attached to an aromatic ring is 1. The van der Waals surface area contributed by atoms with Crippen molar-refractivity contribution in [1.82, 2.24) is 9.97 Å². The van der Waals surface area contributed by atoms with E-state index < -0.39 is 11.9 Å². The summed E-state index contributed by atoms with van der Waals surface area (Å²) in [6.07, 6.45) is 1.25. The molecule has 0 saturated carbocycles. The lowest BCUT2D eigenvalue weighted by molar-refractivity contribution is 0.0591. The van der Waals surface area contributed by atoms with Crippen LogP contribution in [0.4, 0.5) is 11.4 Å². The highest BCUT2D eigenvalue weighted by Crippen LogP contribution is 2.13. The molecule has 0 fully saturated rings. The summed E-state index contributed by atoms with van der Waals surface area (Å²) in [5, 5.41) is 2.61. The molecule has 0 aliphatic rings. The Balaban J connectivity index is 2.18. The van der Waals surface area contributed by atoms with Crippen molar-refractivity contribution in [2.75, 3.05) is 18.2 Å². The van der Waals surface area contributed by atoms with Crippen molar-refractivity contribution in [3.63, 3.8) is 0 Å². The summed E-state index contributed by atoms with van der Waals surface area (Å²) in [5.74, 6) is -1.16. The second-order valence-electron chi connectivity index (χ2n) is 3.69. The molecule has 2 aromatic rings. The lowest BCUT2D eigenvalue weighted by Crippen LogP contribution is -2.17.